The highest BCUT2D eigenvalue weighted by atomic mass is 35.5. The molecule has 1 amide bonds. The average molecular weight is 490 g/mol. The van der Waals surface area contributed by atoms with E-state index in [0.29, 0.717) is 25.4 Å². The van der Waals surface area contributed by atoms with E-state index in [1.54, 1.807) is 7.11 Å². The van der Waals surface area contributed by atoms with Crippen molar-refractivity contribution in [3.8, 4) is 0 Å². The number of methoxy groups -OCH3 is 1. The summed E-state index contributed by atoms with van der Waals surface area (Å²) in [6.45, 7) is 4.31. The monoisotopic (exact) mass is 489 g/mol. The summed E-state index contributed by atoms with van der Waals surface area (Å²) < 4.78 is 35.1. The molecule has 1 unspecified atom stereocenters. The van der Waals surface area contributed by atoms with E-state index >= 15 is 0 Å². The maximum Gasteiger partial charge on any atom is 0.255 e. The number of amides is 1. The third kappa shape index (κ3) is 5.09. The minimum atomic E-state index is -3.78. The summed E-state index contributed by atoms with van der Waals surface area (Å²) in [5, 5.41) is 3.97. The van der Waals surface area contributed by atoms with Crippen LogP contribution in [0.4, 0.5) is 5.69 Å². The fourth-order valence-electron chi connectivity index (χ4n) is 4.21. The van der Waals surface area contributed by atoms with Crippen LogP contribution in [0.25, 0.3) is 10.9 Å². The van der Waals surface area contributed by atoms with Crippen LogP contribution in [-0.2, 0) is 21.3 Å². The molecule has 0 saturated carbocycles. The van der Waals surface area contributed by atoms with E-state index in [1.165, 1.54) is 22.5 Å². The Morgan fingerprint density at radius 2 is 2.03 bits per heavy atom. The van der Waals surface area contributed by atoms with Gasteiger partial charge in [-0.2, -0.15) is 4.31 Å². The molecule has 0 bridgehead atoms. The van der Waals surface area contributed by atoms with E-state index in [1.807, 2.05) is 37.4 Å². The zero-order chi connectivity index (χ0) is 23.6. The van der Waals surface area contributed by atoms with Gasteiger partial charge in [0.1, 0.15) is 4.90 Å². The lowest BCUT2D eigenvalue weighted by Gasteiger charge is -2.30. The molecule has 1 N–H and O–H groups in total. The fraction of sp³-hybridized carbons (Fsp3) is 0.375. The highest BCUT2D eigenvalue weighted by Gasteiger charge is 2.31. The van der Waals surface area contributed by atoms with Gasteiger partial charge in [-0.25, -0.2) is 8.42 Å². The number of aromatic nitrogens is 1. The molecule has 7 nitrogen and oxygen atoms in total. The number of nitrogens with zero attached hydrogens (tertiary/aromatic N) is 2. The lowest BCUT2D eigenvalue weighted by Crippen LogP contribution is -2.39. The van der Waals surface area contributed by atoms with Crippen molar-refractivity contribution in [1.29, 1.82) is 0 Å². The van der Waals surface area contributed by atoms with Crippen LogP contribution in [0.2, 0.25) is 5.02 Å². The Labute approximate surface area is 199 Å². The van der Waals surface area contributed by atoms with Gasteiger partial charge in [0.15, 0.2) is 0 Å². The predicted octanol–water partition coefficient (Wildman–Crippen LogP) is 4.61. The molecule has 1 saturated heterocycles. The number of hydrogen-bond acceptors (Lipinski definition) is 4. The normalized spacial score (nSPS) is 17.4. The van der Waals surface area contributed by atoms with Crippen molar-refractivity contribution in [2.45, 2.75) is 31.2 Å². The summed E-state index contributed by atoms with van der Waals surface area (Å²) in [5.74, 6) is -0.105. The second kappa shape index (κ2) is 9.85. The number of nitrogens with one attached hydrogen (secondary N) is 1. The number of piperidine rings is 1. The van der Waals surface area contributed by atoms with Crippen LogP contribution >= 0.6 is 11.6 Å². The topological polar surface area (TPSA) is 80.6 Å². The van der Waals surface area contributed by atoms with E-state index in [4.69, 9.17) is 16.3 Å². The van der Waals surface area contributed by atoms with Gasteiger partial charge >= 0.3 is 0 Å². The molecule has 1 aromatic heterocycles. The Balaban J connectivity index is 1.55. The second-order valence-electron chi connectivity index (χ2n) is 8.49. The fourth-order valence-corrected chi connectivity index (χ4v) is 6.31. The Morgan fingerprint density at radius 1 is 1.21 bits per heavy atom. The van der Waals surface area contributed by atoms with Gasteiger partial charge in [0, 0.05) is 55.1 Å². The van der Waals surface area contributed by atoms with Crippen molar-refractivity contribution in [3.05, 3.63) is 59.2 Å². The largest absolute Gasteiger partial charge is 0.383 e. The number of ether oxygens (including phenoxy) is 1. The van der Waals surface area contributed by atoms with E-state index in [0.717, 1.165) is 30.3 Å². The van der Waals surface area contributed by atoms with Crippen LogP contribution in [0.3, 0.4) is 0 Å². The molecule has 1 aliphatic rings. The summed E-state index contributed by atoms with van der Waals surface area (Å²) in [6.07, 6.45) is 3.79. The molecule has 1 atom stereocenters. The lowest BCUT2D eigenvalue weighted by molar-refractivity contribution is 0.102. The number of rotatable bonds is 7. The van der Waals surface area contributed by atoms with Crippen LogP contribution in [-0.4, -0.2) is 50.0 Å². The lowest BCUT2D eigenvalue weighted by atomic mass is 10.0. The minimum Gasteiger partial charge on any atom is -0.383 e. The number of fused-ring (bicyclic) bond motifs is 1. The summed E-state index contributed by atoms with van der Waals surface area (Å²) in [7, 11) is -2.11. The molecule has 0 spiro atoms. The number of anilines is 1. The molecule has 4 rings (SSSR count). The van der Waals surface area contributed by atoms with E-state index in [9.17, 15) is 13.2 Å². The molecule has 33 heavy (non-hydrogen) atoms. The maximum atomic E-state index is 13.2. The Morgan fingerprint density at radius 3 is 2.79 bits per heavy atom. The quantitative estimate of drug-likeness (QED) is 0.525. The molecule has 1 aliphatic heterocycles. The van der Waals surface area contributed by atoms with Gasteiger partial charge in [0.25, 0.3) is 5.91 Å². The predicted molar refractivity (Wildman–Crippen MR) is 130 cm³/mol. The van der Waals surface area contributed by atoms with Gasteiger partial charge in [-0.05, 0) is 61.2 Å². The molecule has 2 aromatic carbocycles. The van der Waals surface area contributed by atoms with Crippen molar-refractivity contribution in [3.63, 3.8) is 0 Å². The highest BCUT2D eigenvalue weighted by molar-refractivity contribution is 7.89. The summed E-state index contributed by atoms with van der Waals surface area (Å²) in [4.78, 5) is 12.9. The van der Waals surface area contributed by atoms with Crippen molar-refractivity contribution in [1.82, 2.24) is 8.87 Å². The highest BCUT2D eigenvalue weighted by Crippen LogP contribution is 2.29. The number of sulfonamides is 1. The van der Waals surface area contributed by atoms with Crippen LogP contribution in [0, 0.1) is 5.92 Å². The first-order valence-corrected chi connectivity index (χ1v) is 12.8. The van der Waals surface area contributed by atoms with Crippen LogP contribution in [0.15, 0.2) is 53.6 Å². The van der Waals surface area contributed by atoms with Crippen LogP contribution < -0.4 is 5.32 Å². The first kappa shape index (κ1) is 23.8. The third-order valence-corrected chi connectivity index (χ3v) is 8.34. The maximum absolute atomic E-state index is 13.2. The molecular formula is C24H28ClN3O4S. The molecule has 2 heterocycles. The van der Waals surface area contributed by atoms with Gasteiger partial charge in [-0.15, -0.1) is 0 Å². The Kier molecular flexibility index (Phi) is 7.09. The van der Waals surface area contributed by atoms with Crippen molar-refractivity contribution in [2.75, 3.05) is 32.1 Å². The smallest absolute Gasteiger partial charge is 0.255 e. The third-order valence-electron chi connectivity index (χ3n) is 6.00. The number of benzene rings is 2. The SMILES string of the molecule is COCCn1ccc2cc(NC(=O)c3ccc(Cl)c(S(=O)(=O)N4CCCC(C)C4)c3)ccc21. The van der Waals surface area contributed by atoms with Crippen molar-refractivity contribution < 1.29 is 17.9 Å². The minimum absolute atomic E-state index is 0.0309. The first-order valence-electron chi connectivity index (χ1n) is 11.0. The zero-order valence-corrected chi connectivity index (χ0v) is 20.3. The van der Waals surface area contributed by atoms with E-state index < -0.39 is 15.9 Å². The van der Waals surface area contributed by atoms with Crippen molar-refractivity contribution in [2.24, 2.45) is 5.92 Å². The Hall–Kier alpha value is -2.39. The van der Waals surface area contributed by atoms with Crippen molar-refractivity contribution >= 4 is 44.1 Å². The molecule has 176 valence electrons. The summed E-state index contributed by atoms with van der Waals surface area (Å²) in [6, 6.07) is 12.0. The summed E-state index contributed by atoms with van der Waals surface area (Å²) >= 11 is 6.26. The first-order chi connectivity index (χ1) is 15.8. The van der Waals surface area contributed by atoms with Gasteiger partial charge < -0.3 is 14.6 Å². The molecule has 1 fully saturated rings. The van der Waals surface area contributed by atoms with Gasteiger partial charge in [0.05, 0.1) is 11.6 Å². The van der Waals surface area contributed by atoms with E-state index in [-0.39, 0.29) is 21.4 Å². The number of hydrogen-bond donors (Lipinski definition) is 1. The van der Waals surface area contributed by atoms with Crippen LogP contribution in [0.5, 0.6) is 0 Å². The number of carbonyl (C=O) groups excluding carboxylic acids is 1. The standard InChI is InChI=1S/C24H28ClN3O4S/c1-17-4-3-10-28(16-17)33(30,31)23-15-19(5-7-21(23)25)24(29)26-20-6-8-22-18(14-20)9-11-27(22)12-13-32-2/h5-9,11,14-15,17H,3-4,10,12-13,16H2,1-2H3,(H,26,29). The van der Waals surface area contributed by atoms with Gasteiger partial charge in [-0.3, -0.25) is 4.79 Å². The zero-order valence-electron chi connectivity index (χ0n) is 18.8. The van der Waals surface area contributed by atoms with Gasteiger partial charge in [0.2, 0.25) is 10.0 Å². The number of halogens is 1. The van der Waals surface area contributed by atoms with Gasteiger partial charge in [-0.1, -0.05) is 18.5 Å². The average Bonchev–Trinajstić information content (AvgIpc) is 3.20. The van der Waals surface area contributed by atoms with Crippen LogP contribution in [0.1, 0.15) is 30.1 Å². The molecule has 0 aliphatic carbocycles. The summed E-state index contributed by atoms with van der Waals surface area (Å²) in [5.41, 5.74) is 1.91. The molecule has 3 aromatic rings. The molecular weight excluding hydrogens is 462 g/mol. The Bertz CT molecular complexity index is 1270. The van der Waals surface area contributed by atoms with E-state index in [2.05, 4.69) is 9.88 Å². The second-order valence-corrected chi connectivity index (χ2v) is 10.8. The molecule has 9 heteroatoms. The molecule has 0 radical (unpaired) electrons. The number of carbonyl (C=O) groups is 1.